The zero-order valence-corrected chi connectivity index (χ0v) is 23.9. The summed E-state index contributed by atoms with van der Waals surface area (Å²) in [5.74, 6) is 1.09. The Balaban J connectivity index is 0.000000372. The molecule has 1 aliphatic heterocycles. The highest BCUT2D eigenvalue weighted by atomic mass is 32.3. The number of anilines is 1. The minimum atomic E-state index is -4.00. The van der Waals surface area contributed by atoms with E-state index in [1.54, 1.807) is 45.6 Å². The largest absolute Gasteiger partial charge is 0.505 e. The second-order valence-electron chi connectivity index (χ2n) is 7.89. The van der Waals surface area contributed by atoms with Gasteiger partial charge in [-0.3, -0.25) is 4.79 Å². The summed E-state index contributed by atoms with van der Waals surface area (Å²) in [5.41, 5.74) is 1.96. The van der Waals surface area contributed by atoms with Crippen molar-refractivity contribution in [1.29, 1.82) is 0 Å². The van der Waals surface area contributed by atoms with Gasteiger partial charge < -0.3 is 25.1 Å². The first-order valence-corrected chi connectivity index (χ1v) is 14.3. The van der Waals surface area contributed by atoms with Gasteiger partial charge in [0.25, 0.3) is 5.91 Å². The van der Waals surface area contributed by atoms with E-state index in [-0.39, 0.29) is 17.5 Å². The van der Waals surface area contributed by atoms with Crippen LogP contribution in [-0.2, 0) is 27.6 Å². The number of nitrogens with one attached hydrogen (secondary N) is 2. The van der Waals surface area contributed by atoms with E-state index in [1.165, 1.54) is 11.0 Å². The first-order valence-electron chi connectivity index (χ1n) is 11.7. The van der Waals surface area contributed by atoms with Gasteiger partial charge in [0.2, 0.25) is 10.0 Å². The summed E-state index contributed by atoms with van der Waals surface area (Å²) >= 11 is 0. The van der Waals surface area contributed by atoms with Gasteiger partial charge in [-0.1, -0.05) is 33.8 Å². The normalized spacial score (nSPS) is 15.2. The number of nitrogens with zero attached hydrogens (tertiary/aromatic N) is 2. The molecule has 3 rings (SSSR count). The Morgan fingerprint density at radius 2 is 1.95 bits per heavy atom. The number of amidine groups is 1. The Labute approximate surface area is 221 Å². The number of hydrogen-bond acceptors (Lipinski definition) is 8. The molecular weight excluding hydrogens is 518 g/mol. The van der Waals surface area contributed by atoms with Gasteiger partial charge in [-0.05, 0) is 36.1 Å². The predicted molar refractivity (Wildman–Crippen MR) is 148 cm³/mol. The molecule has 1 aromatic heterocycles. The highest BCUT2D eigenvalue weighted by Crippen LogP contribution is 2.27. The molecule has 1 amide bonds. The highest BCUT2D eigenvalue weighted by molar-refractivity contribution is 8.10. The Kier molecular flexibility index (Phi) is 12.5. The molecule has 2 aromatic rings. The Morgan fingerprint density at radius 3 is 2.46 bits per heavy atom. The van der Waals surface area contributed by atoms with Crippen LogP contribution in [0.3, 0.4) is 0 Å². The van der Waals surface area contributed by atoms with Crippen LogP contribution in [0.2, 0.25) is 0 Å². The number of primary sulfonamides is 1. The first-order chi connectivity index (χ1) is 17.4. The van der Waals surface area contributed by atoms with Crippen molar-refractivity contribution in [2.45, 2.75) is 46.6 Å². The number of rotatable bonds is 7. The van der Waals surface area contributed by atoms with Crippen LogP contribution in [-0.4, -0.2) is 55.5 Å². The number of sulfonamides is 1. The summed E-state index contributed by atoms with van der Waals surface area (Å²) in [6, 6.07) is 6.96. The molecule has 0 bridgehead atoms. The maximum absolute atomic E-state index is 11.6. The molecule has 0 saturated heterocycles. The van der Waals surface area contributed by atoms with Crippen LogP contribution in [0.5, 0.6) is 5.75 Å². The van der Waals surface area contributed by atoms with Crippen LogP contribution >= 0.6 is 0 Å². The van der Waals surface area contributed by atoms with Crippen LogP contribution in [0.15, 0.2) is 49.7 Å². The monoisotopic (exact) mass is 555 g/mol. The summed E-state index contributed by atoms with van der Waals surface area (Å²) in [6.07, 6.45) is 3.88. The van der Waals surface area contributed by atoms with E-state index in [0.717, 1.165) is 12.0 Å². The quantitative estimate of drug-likeness (QED) is 0.378. The molecule has 0 aliphatic carbocycles. The molecule has 11 nitrogen and oxygen atoms in total. The summed E-state index contributed by atoms with van der Waals surface area (Å²) < 4.78 is 42.6. The van der Waals surface area contributed by atoms with Crippen molar-refractivity contribution in [3.8, 4) is 5.75 Å². The number of aromatic hydroxyl groups is 1. The topological polar surface area (TPSA) is 167 Å². The molecule has 206 valence electrons. The number of carbonyl (C=O) groups excluding carboxylic acids is 1. The number of phenolic OH excluding ortho intramolecular Hbond substituents is 1. The number of benzene rings is 1. The first kappa shape index (κ1) is 31.9. The van der Waals surface area contributed by atoms with Crippen molar-refractivity contribution in [2.75, 3.05) is 26.5 Å². The second kappa shape index (κ2) is 14.5. The number of para-hydroxylation sites is 1. The molecule has 0 saturated carbocycles. The van der Waals surface area contributed by atoms with Gasteiger partial charge in [-0.15, -0.1) is 0 Å². The molecule has 1 aromatic carbocycles. The summed E-state index contributed by atoms with van der Waals surface area (Å²) in [5, 5.41) is 20.3. The van der Waals surface area contributed by atoms with Crippen molar-refractivity contribution in [3.05, 3.63) is 57.7 Å². The van der Waals surface area contributed by atoms with Gasteiger partial charge in [-0.25, -0.2) is 17.8 Å². The lowest BCUT2D eigenvalue weighted by molar-refractivity contribution is 0.0824. The van der Waals surface area contributed by atoms with E-state index in [0.29, 0.717) is 29.5 Å². The van der Waals surface area contributed by atoms with Crippen molar-refractivity contribution in [1.82, 2.24) is 10.2 Å². The molecule has 0 radical (unpaired) electrons. The molecule has 1 aliphatic rings. The van der Waals surface area contributed by atoms with Gasteiger partial charge in [0.05, 0.1) is 24.1 Å². The number of nitrogens with two attached hydrogens (primary N) is 1. The van der Waals surface area contributed by atoms with E-state index in [9.17, 15) is 22.5 Å². The number of phenols is 1. The standard InChI is InChI=1S/C12H17N3O4S2.C10H14N2O2.C2H6/c1-3-8(2)9-4-10(19-7-9)6-14-11-5-12(20(16)15-11)21(13,17)18;1-11-8-6-4-5-7(9(8)13)10(14)12(2)3;1-2/h4-5,7-8H,3,6H2,1-2H3,(H,14,15)(H2,13,17,18);4-6,11,13H,1-3H3;1-2H3. The Morgan fingerprint density at radius 1 is 1.30 bits per heavy atom. The lowest BCUT2D eigenvalue weighted by atomic mass is 10.0. The molecule has 2 heterocycles. The van der Waals surface area contributed by atoms with Gasteiger partial charge >= 0.3 is 0 Å². The van der Waals surface area contributed by atoms with Gasteiger partial charge in [0, 0.05) is 27.2 Å². The van der Waals surface area contributed by atoms with Crippen molar-refractivity contribution >= 4 is 38.4 Å². The van der Waals surface area contributed by atoms with E-state index in [1.807, 2.05) is 19.9 Å². The van der Waals surface area contributed by atoms with E-state index >= 15 is 0 Å². The zero-order valence-electron chi connectivity index (χ0n) is 22.2. The molecule has 2 unspecified atom stereocenters. The minimum Gasteiger partial charge on any atom is -0.505 e. The maximum Gasteiger partial charge on any atom is 0.257 e. The lowest BCUT2D eigenvalue weighted by Crippen LogP contribution is -2.21. The molecule has 2 atom stereocenters. The average Bonchev–Trinajstić information content (AvgIpc) is 3.50. The van der Waals surface area contributed by atoms with Crippen LogP contribution in [0, 0.1) is 0 Å². The van der Waals surface area contributed by atoms with Crippen molar-refractivity contribution < 1.29 is 26.9 Å². The van der Waals surface area contributed by atoms with E-state index in [2.05, 4.69) is 28.9 Å². The van der Waals surface area contributed by atoms with Crippen LogP contribution in [0.1, 0.15) is 61.7 Å². The Hall–Kier alpha value is -3.16. The van der Waals surface area contributed by atoms with E-state index < -0.39 is 25.2 Å². The fraction of sp³-hybridized carbons (Fsp3) is 0.417. The summed E-state index contributed by atoms with van der Waals surface area (Å²) in [7, 11) is -0.987. The van der Waals surface area contributed by atoms with Gasteiger partial charge in [0.15, 0.2) is 21.0 Å². The zero-order chi connectivity index (χ0) is 28.3. The molecule has 5 N–H and O–H groups in total. The third kappa shape index (κ3) is 9.02. The summed E-state index contributed by atoms with van der Waals surface area (Å²) in [6.45, 7) is 8.52. The maximum atomic E-state index is 11.6. The third-order valence-corrected chi connectivity index (χ3v) is 7.76. The second-order valence-corrected chi connectivity index (χ2v) is 10.8. The van der Waals surface area contributed by atoms with Crippen molar-refractivity contribution in [3.63, 3.8) is 0 Å². The fourth-order valence-electron chi connectivity index (χ4n) is 2.91. The highest BCUT2D eigenvalue weighted by Gasteiger charge is 2.25. The lowest BCUT2D eigenvalue weighted by Gasteiger charge is -2.13. The van der Waals surface area contributed by atoms with Crippen LogP contribution in [0.25, 0.3) is 0 Å². The van der Waals surface area contributed by atoms with Crippen molar-refractivity contribution in [2.24, 2.45) is 9.54 Å². The number of hydrogen-bond donors (Lipinski definition) is 4. The number of furan rings is 1. The number of carbonyl (C=O) groups is 1. The molecule has 0 spiro atoms. The average molecular weight is 556 g/mol. The molecule has 13 heteroatoms. The number of amides is 1. The van der Waals surface area contributed by atoms with E-state index in [4.69, 9.17) is 9.56 Å². The third-order valence-electron chi connectivity index (χ3n) is 5.13. The SMILES string of the molecule is CC.CCC(C)c1coc(CNC2=NS(=O)C(S(N)(=O)=O)=C2)c1.CNc1cccc(C(=O)N(C)C)c1O. The molecule has 37 heavy (non-hydrogen) atoms. The molecular formula is C24H37N5O6S2. The van der Waals surface area contributed by atoms with Crippen LogP contribution in [0.4, 0.5) is 5.69 Å². The van der Waals surface area contributed by atoms with Gasteiger partial charge in [-0.2, -0.15) is 4.40 Å². The Bertz CT molecular complexity index is 1250. The predicted octanol–water partition coefficient (Wildman–Crippen LogP) is 3.25. The molecule has 0 fully saturated rings. The fourth-order valence-corrected chi connectivity index (χ4v) is 4.69. The smallest absolute Gasteiger partial charge is 0.257 e. The summed E-state index contributed by atoms with van der Waals surface area (Å²) in [4.78, 5) is 13.0. The minimum absolute atomic E-state index is 0.00583. The van der Waals surface area contributed by atoms with Crippen LogP contribution < -0.4 is 15.8 Å². The van der Waals surface area contributed by atoms with Gasteiger partial charge in [0.1, 0.15) is 11.6 Å².